The van der Waals surface area contributed by atoms with Gasteiger partial charge in [0.05, 0.1) is 12.0 Å². The molecule has 2 rings (SSSR count). The minimum absolute atomic E-state index is 0.0671. The molecule has 0 aliphatic rings. The van der Waals surface area contributed by atoms with Gasteiger partial charge in [-0.3, -0.25) is 4.79 Å². The van der Waals surface area contributed by atoms with Crippen molar-refractivity contribution in [1.82, 2.24) is 9.97 Å². The Labute approximate surface area is 119 Å². The second kappa shape index (κ2) is 7.65. The lowest BCUT2D eigenvalue weighted by molar-refractivity contribution is -0.138. The highest BCUT2D eigenvalue weighted by molar-refractivity contribution is 5.90. The van der Waals surface area contributed by atoms with Crippen molar-refractivity contribution >= 4 is 11.9 Å². The molecule has 0 saturated carbocycles. The van der Waals surface area contributed by atoms with Crippen LogP contribution in [0.3, 0.4) is 0 Å². The van der Waals surface area contributed by atoms with E-state index in [-0.39, 0.29) is 17.7 Å². The lowest BCUT2D eigenvalue weighted by atomic mass is 10.2. The number of imidazole rings is 1. The zero-order valence-electron chi connectivity index (χ0n) is 10.9. The standard InChI is InChI=1S/C7H6O3.C6H9N3O2/c8-6-4-2-1-3-5(6)7(9)10;7-5(6(10)11)1-4-2-8-3-9-4/h1-4,8H,(H,9,10);2-3,5H,1,7H2,(H,8,9)(H,10,11)/t;5-/m.0/s1. The van der Waals surface area contributed by atoms with Crippen LogP contribution in [0.4, 0.5) is 0 Å². The molecule has 2 aromatic rings. The number of carboxylic acid groups (broad SMARTS) is 2. The SMILES string of the molecule is N[C@@H](Cc1c[nH]cn1)C(=O)O.O=C(O)c1ccccc1O. The van der Waals surface area contributed by atoms with Crippen molar-refractivity contribution in [3.63, 3.8) is 0 Å². The van der Waals surface area contributed by atoms with Gasteiger partial charge in [0.2, 0.25) is 0 Å². The van der Waals surface area contributed by atoms with Crippen LogP contribution < -0.4 is 5.73 Å². The maximum atomic E-state index is 10.3. The normalized spacial score (nSPS) is 11.1. The number of hydrogen-bond acceptors (Lipinski definition) is 5. The highest BCUT2D eigenvalue weighted by Crippen LogP contribution is 2.14. The Bertz CT molecular complexity index is 598. The van der Waals surface area contributed by atoms with Crippen LogP contribution in [0.1, 0.15) is 16.1 Å². The minimum atomic E-state index is -1.11. The molecule has 0 unspecified atom stereocenters. The van der Waals surface area contributed by atoms with Gasteiger partial charge in [-0.1, -0.05) is 12.1 Å². The number of rotatable bonds is 4. The van der Waals surface area contributed by atoms with Gasteiger partial charge in [-0.2, -0.15) is 0 Å². The summed E-state index contributed by atoms with van der Waals surface area (Å²) in [7, 11) is 0. The Morgan fingerprint density at radius 1 is 1.29 bits per heavy atom. The molecule has 1 aromatic carbocycles. The van der Waals surface area contributed by atoms with Gasteiger partial charge in [0.25, 0.3) is 0 Å². The monoisotopic (exact) mass is 293 g/mol. The molecule has 8 nitrogen and oxygen atoms in total. The molecule has 0 radical (unpaired) electrons. The van der Waals surface area contributed by atoms with Crippen LogP contribution in [0, 0.1) is 0 Å². The summed E-state index contributed by atoms with van der Waals surface area (Å²) in [6, 6.07) is 4.95. The van der Waals surface area contributed by atoms with Crippen LogP contribution in [0.5, 0.6) is 5.75 Å². The first-order chi connectivity index (χ1) is 9.91. The number of aliphatic carboxylic acids is 1. The molecular weight excluding hydrogens is 278 g/mol. The topological polar surface area (TPSA) is 150 Å². The van der Waals surface area contributed by atoms with Crippen molar-refractivity contribution < 1.29 is 24.9 Å². The van der Waals surface area contributed by atoms with Crippen LogP contribution in [0.2, 0.25) is 0 Å². The molecule has 0 aliphatic carbocycles. The van der Waals surface area contributed by atoms with Gasteiger partial charge in [0.15, 0.2) is 0 Å². The van der Waals surface area contributed by atoms with E-state index in [1.165, 1.54) is 18.5 Å². The van der Waals surface area contributed by atoms with Crippen molar-refractivity contribution in [3.05, 3.63) is 48.0 Å². The van der Waals surface area contributed by atoms with E-state index < -0.39 is 18.0 Å². The molecule has 0 amide bonds. The third kappa shape index (κ3) is 5.33. The number of hydrogen-bond donors (Lipinski definition) is 5. The van der Waals surface area contributed by atoms with E-state index in [0.717, 1.165) is 0 Å². The van der Waals surface area contributed by atoms with Gasteiger partial charge in [0.1, 0.15) is 17.4 Å². The smallest absolute Gasteiger partial charge is 0.339 e. The molecule has 21 heavy (non-hydrogen) atoms. The number of nitrogens with zero attached hydrogens (tertiary/aromatic N) is 1. The molecule has 0 aliphatic heterocycles. The lowest BCUT2D eigenvalue weighted by Gasteiger charge is -2.01. The fraction of sp³-hybridized carbons (Fsp3) is 0.154. The van der Waals surface area contributed by atoms with E-state index in [0.29, 0.717) is 5.69 Å². The van der Waals surface area contributed by atoms with Crippen molar-refractivity contribution in [3.8, 4) is 5.75 Å². The molecule has 0 fully saturated rings. The number of H-pyrrole nitrogens is 1. The number of aromatic hydroxyl groups is 1. The molecule has 0 saturated heterocycles. The van der Waals surface area contributed by atoms with Crippen LogP contribution in [0.25, 0.3) is 0 Å². The average Bonchev–Trinajstić information content (AvgIpc) is 2.92. The van der Waals surface area contributed by atoms with Crippen LogP contribution >= 0.6 is 0 Å². The average molecular weight is 293 g/mol. The Kier molecular flexibility index (Phi) is 5.90. The molecule has 1 heterocycles. The summed E-state index contributed by atoms with van der Waals surface area (Å²) in [5.74, 6) is -2.32. The number of benzene rings is 1. The van der Waals surface area contributed by atoms with E-state index in [1.807, 2.05) is 0 Å². The van der Waals surface area contributed by atoms with Crippen molar-refractivity contribution in [2.75, 3.05) is 0 Å². The van der Waals surface area contributed by atoms with Gasteiger partial charge >= 0.3 is 11.9 Å². The molecule has 1 aromatic heterocycles. The molecular formula is C13H15N3O5. The van der Waals surface area contributed by atoms with E-state index in [1.54, 1.807) is 18.3 Å². The first kappa shape index (κ1) is 16.2. The number of carbonyl (C=O) groups is 2. The highest BCUT2D eigenvalue weighted by atomic mass is 16.4. The van der Waals surface area contributed by atoms with Gasteiger partial charge < -0.3 is 26.0 Å². The first-order valence-corrected chi connectivity index (χ1v) is 5.89. The Morgan fingerprint density at radius 2 is 1.95 bits per heavy atom. The largest absolute Gasteiger partial charge is 0.507 e. The molecule has 6 N–H and O–H groups in total. The number of aromatic carboxylic acids is 1. The predicted molar refractivity (Wildman–Crippen MR) is 73.0 cm³/mol. The predicted octanol–water partition coefficient (Wildman–Crippen LogP) is 0.455. The number of phenols is 1. The van der Waals surface area contributed by atoms with Crippen molar-refractivity contribution in [2.45, 2.75) is 12.5 Å². The van der Waals surface area contributed by atoms with E-state index in [9.17, 15) is 9.59 Å². The number of para-hydroxylation sites is 1. The molecule has 1 atom stereocenters. The maximum absolute atomic E-state index is 10.3. The van der Waals surface area contributed by atoms with Gasteiger partial charge in [-0.15, -0.1) is 0 Å². The third-order valence-electron chi connectivity index (χ3n) is 2.44. The number of carboxylic acids is 2. The first-order valence-electron chi connectivity index (χ1n) is 5.89. The fourth-order valence-electron chi connectivity index (χ4n) is 1.37. The summed E-state index contributed by atoms with van der Waals surface area (Å²) >= 11 is 0. The lowest BCUT2D eigenvalue weighted by Crippen LogP contribution is -2.32. The molecule has 112 valence electrons. The molecule has 8 heteroatoms. The second-order valence-corrected chi connectivity index (χ2v) is 4.03. The minimum Gasteiger partial charge on any atom is -0.507 e. The van der Waals surface area contributed by atoms with Crippen LogP contribution in [-0.4, -0.2) is 43.3 Å². The highest BCUT2D eigenvalue weighted by Gasteiger charge is 2.12. The maximum Gasteiger partial charge on any atom is 0.339 e. The van der Waals surface area contributed by atoms with Crippen LogP contribution in [0.15, 0.2) is 36.8 Å². The van der Waals surface area contributed by atoms with E-state index in [2.05, 4.69) is 9.97 Å². The van der Waals surface area contributed by atoms with E-state index >= 15 is 0 Å². The van der Waals surface area contributed by atoms with Crippen molar-refractivity contribution in [1.29, 1.82) is 0 Å². The number of aromatic amines is 1. The number of nitrogens with two attached hydrogens (primary N) is 1. The number of nitrogens with one attached hydrogen (secondary N) is 1. The second-order valence-electron chi connectivity index (χ2n) is 4.03. The Hall–Kier alpha value is -2.87. The summed E-state index contributed by atoms with van der Waals surface area (Å²) in [6.45, 7) is 0. The fourth-order valence-corrected chi connectivity index (χ4v) is 1.37. The zero-order valence-corrected chi connectivity index (χ0v) is 10.9. The molecule has 0 bridgehead atoms. The number of aromatic nitrogens is 2. The summed E-state index contributed by atoms with van der Waals surface area (Å²) in [5.41, 5.74) is 5.85. The summed E-state index contributed by atoms with van der Waals surface area (Å²) in [6.07, 6.45) is 3.38. The van der Waals surface area contributed by atoms with Crippen LogP contribution in [-0.2, 0) is 11.2 Å². The summed E-state index contributed by atoms with van der Waals surface area (Å²) in [5, 5.41) is 25.7. The van der Waals surface area contributed by atoms with Gasteiger partial charge in [-0.05, 0) is 12.1 Å². The van der Waals surface area contributed by atoms with Crippen molar-refractivity contribution in [2.24, 2.45) is 5.73 Å². The molecule has 0 spiro atoms. The Balaban J connectivity index is 0.000000211. The zero-order chi connectivity index (χ0) is 15.8. The van der Waals surface area contributed by atoms with Gasteiger partial charge in [-0.25, -0.2) is 9.78 Å². The third-order valence-corrected chi connectivity index (χ3v) is 2.44. The summed E-state index contributed by atoms with van der Waals surface area (Å²) in [4.78, 5) is 27.1. The Morgan fingerprint density at radius 3 is 2.38 bits per heavy atom. The quantitative estimate of drug-likeness (QED) is 0.549. The summed E-state index contributed by atoms with van der Waals surface area (Å²) < 4.78 is 0. The van der Waals surface area contributed by atoms with Gasteiger partial charge in [0, 0.05) is 12.6 Å². The van der Waals surface area contributed by atoms with E-state index in [4.69, 9.17) is 21.1 Å².